The highest BCUT2D eigenvalue weighted by Gasteiger charge is 2.34. The van der Waals surface area contributed by atoms with Gasteiger partial charge in [-0.15, -0.1) is 0 Å². The number of nitrogen functional groups attached to an aromatic ring is 1. The van der Waals surface area contributed by atoms with Crippen LogP contribution in [0.15, 0.2) is 16.7 Å². The fraction of sp³-hybridized carbons (Fsp3) is 0.538. The van der Waals surface area contributed by atoms with E-state index in [1.807, 2.05) is 4.90 Å². The summed E-state index contributed by atoms with van der Waals surface area (Å²) >= 11 is 3.33. The Hall–Kier alpha value is -1.10. The van der Waals surface area contributed by atoms with Crippen molar-refractivity contribution in [1.82, 2.24) is 9.88 Å². The minimum absolute atomic E-state index is 0.00231. The molecule has 1 aliphatic rings. The monoisotopic (exact) mass is 311 g/mol. The van der Waals surface area contributed by atoms with Gasteiger partial charge in [0.2, 0.25) is 0 Å². The van der Waals surface area contributed by atoms with Crippen LogP contribution in [-0.2, 0) is 0 Å². The Labute approximate surface area is 116 Å². The standard InChI is InChI=1S/C13H18BrN3O/c1-8(2)7-17(10-3-4-10)13(18)11-5-9(14)6-16-12(11)15/h5-6,8,10H,3-4,7H2,1-2H3,(H2,15,16). The fourth-order valence-corrected chi connectivity index (χ4v) is 2.28. The van der Waals surface area contributed by atoms with Crippen molar-refractivity contribution < 1.29 is 4.79 Å². The van der Waals surface area contributed by atoms with Gasteiger partial charge in [0.15, 0.2) is 0 Å². The number of hydrogen-bond donors (Lipinski definition) is 1. The molecule has 1 aromatic rings. The van der Waals surface area contributed by atoms with E-state index in [2.05, 4.69) is 34.8 Å². The predicted octanol–water partition coefficient (Wildman–Crippen LogP) is 2.69. The highest BCUT2D eigenvalue weighted by molar-refractivity contribution is 9.10. The number of pyridine rings is 1. The van der Waals surface area contributed by atoms with Crippen molar-refractivity contribution >= 4 is 27.7 Å². The number of halogens is 1. The molecule has 2 rings (SSSR count). The molecule has 0 unspecified atom stereocenters. The van der Waals surface area contributed by atoms with E-state index in [1.165, 1.54) is 0 Å². The molecule has 18 heavy (non-hydrogen) atoms. The Bertz CT molecular complexity index is 458. The van der Waals surface area contributed by atoms with Crippen molar-refractivity contribution in [3.63, 3.8) is 0 Å². The van der Waals surface area contributed by atoms with E-state index in [4.69, 9.17) is 5.73 Å². The zero-order valence-electron chi connectivity index (χ0n) is 10.7. The van der Waals surface area contributed by atoms with Gasteiger partial charge in [-0.3, -0.25) is 4.79 Å². The molecule has 1 amide bonds. The summed E-state index contributed by atoms with van der Waals surface area (Å²) in [5, 5.41) is 0. The molecule has 0 aromatic carbocycles. The van der Waals surface area contributed by atoms with Crippen LogP contribution in [-0.4, -0.2) is 28.4 Å². The van der Waals surface area contributed by atoms with Crippen molar-refractivity contribution in [2.75, 3.05) is 12.3 Å². The molecule has 1 saturated carbocycles. The molecular formula is C13H18BrN3O. The zero-order valence-corrected chi connectivity index (χ0v) is 12.3. The summed E-state index contributed by atoms with van der Waals surface area (Å²) in [7, 11) is 0. The minimum atomic E-state index is -0.00231. The number of nitrogens with zero attached hydrogens (tertiary/aromatic N) is 2. The Morgan fingerprint density at radius 2 is 2.28 bits per heavy atom. The van der Waals surface area contributed by atoms with Gasteiger partial charge in [0.05, 0.1) is 5.56 Å². The van der Waals surface area contributed by atoms with Crippen LogP contribution in [0.5, 0.6) is 0 Å². The van der Waals surface area contributed by atoms with Crippen molar-refractivity contribution in [3.05, 3.63) is 22.3 Å². The second-order valence-electron chi connectivity index (χ2n) is 5.17. The number of amides is 1. The predicted molar refractivity (Wildman–Crippen MR) is 75.2 cm³/mol. The fourth-order valence-electron chi connectivity index (χ4n) is 1.95. The first-order valence-electron chi connectivity index (χ1n) is 6.21. The average Bonchev–Trinajstić information content (AvgIpc) is 3.12. The molecule has 0 radical (unpaired) electrons. The highest BCUT2D eigenvalue weighted by atomic mass is 79.9. The third-order valence-electron chi connectivity index (χ3n) is 2.93. The van der Waals surface area contributed by atoms with Gasteiger partial charge < -0.3 is 10.6 Å². The van der Waals surface area contributed by atoms with Crippen molar-refractivity contribution in [1.29, 1.82) is 0 Å². The van der Waals surface area contributed by atoms with Gasteiger partial charge >= 0.3 is 0 Å². The van der Waals surface area contributed by atoms with Gasteiger partial charge in [0.1, 0.15) is 5.82 Å². The first-order chi connectivity index (χ1) is 8.49. The van der Waals surface area contributed by atoms with E-state index in [1.54, 1.807) is 12.3 Å². The third-order valence-corrected chi connectivity index (χ3v) is 3.36. The summed E-state index contributed by atoms with van der Waals surface area (Å²) in [4.78, 5) is 18.5. The van der Waals surface area contributed by atoms with Gasteiger partial charge in [-0.05, 0) is 40.8 Å². The van der Waals surface area contributed by atoms with Crippen LogP contribution < -0.4 is 5.73 Å². The molecule has 4 nitrogen and oxygen atoms in total. The summed E-state index contributed by atoms with van der Waals surface area (Å²) in [5.74, 6) is 0.756. The topological polar surface area (TPSA) is 59.2 Å². The Kier molecular flexibility index (Phi) is 3.90. The molecule has 0 atom stereocenters. The van der Waals surface area contributed by atoms with Gasteiger partial charge in [0.25, 0.3) is 5.91 Å². The molecule has 98 valence electrons. The quantitative estimate of drug-likeness (QED) is 0.930. The normalized spacial score (nSPS) is 14.9. The smallest absolute Gasteiger partial charge is 0.257 e. The number of nitrogens with two attached hydrogens (primary N) is 1. The van der Waals surface area contributed by atoms with Crippen LogP contribution in [0.4, 0.5) is 5.82 Å². The lowest BCUT2D eigenvalue weighted by Gasteiger charge is -2.24. The molecule has 5 heteroatoms. The number of aromatic nitrogens is 1. The Balaban J connectivity index is 2.24. The molecule has 0 saturated heterocycles. The highest BCUT2D eigenvalue weighted by Crippen LogP contribution is 2.30. The lowest BCUT2D eigenvalue weighted by Crippen LogP contribution is -2.36. The number of rotatable bonds is 4. The Morgan fingerprint density at radius 3 is 2.83 bits per heavy atom. The second-order valence-corrected chi connectivity index (χ2v) is 6.08. The summed E-state index contributed by atoms with van der Waals surface area (Å²) in [5.41, 5.74) is 6.30. The van der Waals surface area contributed by atoms with Crippen LogP contribution in [0.3, 0.4) is 0 Å². The second kappa shape index (κ2) is 5.26. The summed E-state index contributed by atoms with van der Waals surface area (Å²) in [6.07, 6.45) is 3.80. The number of anilines is 1. The molecule has 1 aromatic heterocycles. The van der Waals surface area contributed by atoms with Gasteiger partial charge in [-0.2, -0.15) is 0 Å². The van der Waals surface area contributed by atoms with Crippen LogP contribution in [0, 0.1) is 5.92 Å². The Morgan fingerprint density at radius 1 is 1.61 bits per heavy atom. The van der Waals surface area contributed by atoms with Gasteiger partial charge in [-0.25, -0.2) is 4.98 Å². The van der Waals surface area contributed by atoms with E-state index in [-0.39, 0.29) is 5.91 Å². The lowest BCUT2D eigenvalue weighted by atomic mass is 10.1. The molecule has 0 bridgehead atoms. The number of hydrogen-bond acceptors (Lipinski definition) is 3. The largest absolute Gasteiger partial charge is 0.383 e. The van der Waals surface area contributed by atoms with Crippen LogP contribution in [0.2, 0.25) is 0 Å². The molecule has 2 N–H and O–H groups in total. The van der Waals surface area contributed by atoms with Crippen LogP contribution >= 0.6 is 15.9 Å². The third kappa shape index (κ3) is 3.02. The average molecular weight is 312 g/mol. The maximum Gasteiger partial charge on any atom is 0.257 e. The van der Waals surface area contributed by atoms with E-state index < -0.39 is 0 Å². The van der Waals surface area contributed by atoms with Gasteiger partial charge in [0, 0.05) is 23.3 Å². The van der Waals surface area contributed by atoms with E-state index >= 15 is 0 Å². The van der Waals surface area contributed by atoms with E-state index in [9.17, 15) is 4.79 Å². The first kappa shape index (κ1) is 13.3. The molecule has 1 fully saturated rings. The van der Waals surface area contributed by atoms with Crippen molar-refractivity contribution in [2.45, 2.75) is 32.7 Å². The van der Waals surface area contributed by atoms with E-state index in [0.717, 1.165) is 23.9 Å². The van der Waals surface area contributed by atoms with Gasteiger partial charge in [-0.1, -0.05) is 13.8 Å². The van der Waals surface area contributed by atoms with Crippen LogP contribution in [0.1, 0.15) is 37.0 Å². The van der Waals surface area contributed by atoms with E-state index in [0.29, 0.717) is 23.3 Å². The van der Waals surface area contributed by atoms with Crippen molar-refractivity contribution in [2.24, 2.45) is 5.92 Å². The van der Waals surface area contributed by atoms with Crippen LogP contribution in [0.25, 0.3) is 0 Å². The first-order valence-corrected chi connectivity index (χ1v) is 7.00. The molecule has 0 aliphatic heterocycles. The number of carbonyl (C=O) groups is 1. The lowest BCUT2D eigenvalue weighted by molar-refractivity contribution is 0.0723. The molecule has 0 spiro atoms. The number of carbonyl (C=O) groups excluding carboxylic acids is 1. The molecule has 1 heterocycles. The maximum atomic E-state index is 12.5. The summed E-state index contributed by atoms with van der Waals surface area (Å²) < 4.78 is 0.778. The minimum Gasteiger partial charge on any atom is -0.383 e. The summed E-state index contributed by atoms with van der Waals surface area (Å²) in [6, 6.07) is 2.14. The van der Waals surface area contributed by atoms with Crippen molar-refractivity contribution in [3.8, 4) is 0 Å². The SMILES string of the molecule is CC(C)CN(C(=O)c1cc(Br)cnc1N)C1CC1. The maximum absolute atomic E-state index is 12.5. The molecule has 1 aliphatic carbocycles. The molecular weight excluding hydrogens is 294 g/mol. The summed E-state index contributed by atoms with van der Waals surface area (Å²) in [6.45, 7) is 5.01. The zero-order chi connectivity index (χ0) is 13.3.